The van der Waals surface area contributed by atoms with Crippen molar-refractivity contribution in [2.24, 2.45) is 5.92 Å². The monoisotopic (exact) mass is 274 g/mol. The van der Waals surface area contributed by atoms with Crippen LogP contribution in [0, 0.1) is 26.7 Å². The Labute approximate surface area is 122 Å². The summed E-state index contributed by atoms with van der Waals surface area (Å²) in [6.07, 6.45) is 8.32. The van der Waals surface area contributed by atoms with E-state index in [9.17, 15) is 4.79 Å². The topological polar surface area (TPSA) is 42.0 Å². The number of nitrogens with one attached hydrogen (secondary N) is 1. The maximum Gasteiger partial charge on any atom is 0.224 e. The van der Waals surface area contributed by atoms with Crippen LogP contribution in [0.5, 0.6) is 0 Å². The van der Waals surface area contributed by atoms with Crippen molar-refractivity contribution >= 4 is 11.6 Å². The number of nitrogens with zero attached hydrogens (tertiary/aromatic N) is 1. The van der Waals surface area contributed by atoms with Crippen molar-refractivity contribution < 1.29 is 4.79 Å². The molecule has 1 aromatic heterocycles. The van der Waals surface area contributed by atoms with E-state index < -0.39 is 0 Å². The van der Waals surface area contributed by atoms with Gasteiger partial charge in [-0.15, -0.1) is 0 Å². The van der Waals surface area contributed by atoms with Crippen LogP contribution in [0.4, 0.5) is 5.69 Å². The molecule has 0 aliphatic heterocycles. The van der Waals surface area contributed by atoms with Gasteiger partial charge in [0.15, 0.2) is 0 Å². The van der Waals surface area contributed by atoms with Crippen molar-refractivity contribution in [2.75, 3.05) is 5.32 Å². The van der Waals surface area contributed by atoms with Gasteiger partial charge in [0.1, 0.15) is 0 Å². The maximum atomic E-state index is 12.1. The number of aromatic nitrogens is 1. The van der Waals surface area contributed by atoms with Crippen LogP contribution in [0.2, 0.25) is 0 Å². The lowest BCUT2D eigenvalue weighted by Gasteiger charge is -2.21. The quantitative estimate of drug-likeness (QED) is 0.889. The van der Waals surface area contributed by atoms with E-state index >= 15 is 0 Å². The highest BCUT2D eigenvalue weighted by molar-refractivity contribution is 5.92. The lowest BCUT2D eigenvalue weighted by molar-refractivity contribution is -0.116. The summed E-state index contributed by atoms with van der Waals surface area (Å²) in [6.45, 7) is 5.96. The van der Waals surface area contributed by atoms with Crippen LogP contribution >= 0.6 is 0 Å². The highest BCUT2D eigenvalue weighted by Gasteiger charge is 2.15. The molecule has 0 radical (unpaired) electrons. The average Bonchev–Trinajstić information content (AvgIpc) is 2.42. The summed E-state index contributed by atoms with van der Waals surface area (Å²) in [5.41, 5.74) is 3.90. The highest BCUT2D eigenvalue weighted by Crippen LogP contribution is 2.27. The first-order valence-electron chi connectivity index (χ1n) is 7.81. The molecule has 0 saturated heterocycles. The number of rotatable bonds is 4. The molecule has 2 rings (SSSR count). The zero-order valence-electron chi connectivity index (χ0n) is 13.0. The van der Waals surface area contributed by atoms with Gasteiger partial charge in [0.25, 0.3) is 0 Å². The van der Waals surface area contributed by atoms with E-state index in [1.165, 1.54) is 32.1 Å². The number of hydrogen-bond acceptors (Lipinski definition) is 2. The van der Waals surface area contributed by atoms with Gasteiger partial charge in [0, 0.05) is 12.1 Å². The van der Waals surface area contributed by atoms with Gasteiger partial charge in [-0.25, -0.2) is 0 Å². The van der Waals surface area contributed by atoms with Crippen molar-refractivity contribution in [3.63, 3.8) is 0 Å². The molecule has 1 heterocycles. The van der Waals surface area contributed by atoms with E-state index in [2.05, 4.69) is 10.3 Å². The number of anilines is 1. The summed E-state index contributed by atoms with van der Waals surface area (Å²) in [4.78, 5) is 16.5. The molecule has 0 atom stereocenters. The molecule has 0 bridgehead atoms. The minimum absolute atomic E-state index is 0.132. The second-order valence-electron chi connectivity index (χ2n) is 6.13. The average molecular weight is 274 g/mol. The third-order valence-electron chi connectivity index (χ3n) is 4.29. The summed E-state index contributed by atoms with van der Waals surface area (Å²) in [6, 6.07) is 2.02. The fourth-order valence-electron chi connectivity index (χ4n) is 3.23. The molecule has 3 nitrogen and oxygen atoms in total. The number of pyridine rings is 1. The number of carbonyl (C=O) groups is 1. The SMILES string of the molecule is Cc1cc(C)c(NC(=O)CCC2CCCCC2)c(C)n1. The molecular formula is C17H26N2O. The summed E-state index contributed by atoms with van der Waals surface area (Å²) in [5, 5.41) is 3.04. The Hall–Kier alpha value is -1.38. The van der Waals surface area contributed by atoms with Crippen LogP contribution < -0.4 is 5.32 Å². The van der Waals surface area contributed by atoms with Gasteiger partial charge in [-0.3, -0.25) is 9.78 Å². The Morgan fingerprint density at radius 3 is 2.60 bits per heavy atom. The van der Waals surface area contributed by atoms with Crippen molar-refractivity contribution in [1.29, 1.82) is 0 Å². The third-order valence-corrected chi connectivity index (χ3v) is 4.29. The second-order valence-corrected chi connectivity index (χ2v) is 6.13. The van der Waals surface area contributed by atoms with Gasteiger partial charge in [0.05, 0.1) is 11.4 Å². The molecule has 1 saturated carbocycles. The van der Waals surface area contributed by atoms with E-state index in [0.29, 0.717) is 6.42 Å². The van der Waals surface area contributed by atoms with Crippen LogP contribution in [0.3, 0.4) is 0 Å². The van der Waals surface area contributed by atoms with Gasteiger partial charge < -0.3 is 5.32 Å². The molecule has 0 spiro atoms. The minimum Gasteiger partial charge on any atom is -0.324 e. The third kappa shape index (κ3) is 4.06. The zero-order valence-corrected chi connectivity index (χ0v) is 13.0. The minimum atomic E-state index is 0.132. The first kappa shape index (κ1) is 15.0. The molecule has 3 heteroatoms. The predicted octanol–water partition coefficient (Wildman–Crippen LogP) is 4.31. The van der Waals surface area contributed by atoms with Gasteiger partial charge in [-0.2, -0.15) is 0 Å². The van der Waals surface area contributed by atoms with Crippen LogP contribution in [0.1, 0.15) is 61.9 Å². The number of hydrogen-bond donors (Lipinski definition) is 1. The predicted molar refractivity (Wildman–Crippen MR) is 82.9 cm³/mol. The van der Waals surface area contributed by atoms with Crippen LogP contribution in [-0.2, 0) is 4.79 Å². The Kier molecular flexibility index (Phi) is 5.16. The molecule has 110 valence electrons. The van der Waals surface area contributed by atoms with E-state index in [-0.39, 0.29) is 5.91 Å². The standard InChI is InChI=1S/C17H26N2O/c1-12-11-13(2)18-14(3)17(12)19-16(20)10-9-15-7-5-4-6-8-15/h11,15H,4-10H2,1-3H3,(H,19,20). The van der Waals surface area contributed by atoms with Crippen LogP contribution in [0.15, 0.2) is 6.07 Å². The molecule has 1 aliphatic rings. The molecule has 1 fully saturated rings. The van der Waals surface area contributed by atoms with Crippen molar-refractivity contribution in [2.45, 2.75) is 65.7 Å². The van der Waals surface area contributed by atoms with E-state index in [0.717, 1.165) is 35.0 Å². The van der Waals surface area contributed by atoms with E-state index in [4.69, 9.17) is 0 Å². The molecular weight excluding hydrogens is 248 g/mol. The summed E-state index contributed by atoms with van der Waals surface area (Å²) in [7, 11) is 0. The summed E-state index contributed by atoms with van der Waals surface area (Å²) < 4.78 is 0. The van der Waals surface area contributed by atoms with Gasteiger partial charge in [-0.1, -0.05) is 32.1 Å². The normalized spacial score (nSPS) is 16.1. The summed E-state index contributed by atoms with van der Waals surface area (Å²) in [5.74, 6) is 0.889. The van der Waals surface area contributed by atoms with E-state index in [1.807, 2.05) is 26.8 Å². The van der Waals surface area contributed by atoms with Gasteiger partial charge in [0.2, 0.25) is 5.91 Å². The lowest BCUT2D eigenvalue weighted by atomic mass is 9.86. The van der Waals surface area contributed by atoms with Crippen molar-refractivity contribution in [3.05, 3.63) is 23.0 Å². The highest BCUT2D eigenvalue weighted by atomic mass is 16.1. The number of aryl methyl sites for hydroxylation is 3. The first-order valence-corrected chi connectivity index (χ1v) is 7.81. The van der Waals surface area contributed by atoms with Crippen molar-refractivity contribution in [3.8, 4) is 0 Å². The maximum absolute atomic E-state index is 12.1. The van der Waals surface area contributed by atoms with Crippen LogP contribution in [0.25, 0.3) is 0 Å². The Morgan fingerprint density at radius 1 is 1.25 bits per heavy atom. The smallest absolute Gasteiger partial charge is 0.224 e. The molecule has 1 N–H and O–H groups in total. The molecule has 1 amide bonds. The van der Waals surface area contributed by atoms with Crippen LogP contribution in [-0.4, -0.2) is 10.9 Å². The van der Waals surface area contributed by atoms with Crippen molar-refractivity contribution in [1.82, 2.24) is 4.98 Å². The lowest BCUT2D eigenvalue weighted by Crippen LogP contribution is -2.16. The number of amides is 1. The molecule has 20 heavy (non-hydrogen) atoms. The Balaban J connectivity index is 1.88. The Bertz CT molecular complexity index is 453. The Morgan fingerprint density at radius 2 is 1.95 bits per heavy atom. The molecule has 1 aliphatic carbocycles. The molecule has 0 aromatic carbocycles. The first-order chi connectivity index (χ1) is 9.56. The molecule has 1 aromatic rings. The fourth-order valence-corrected chi connectivity index (χ4v) is 3.23. The number of carbonyl (C=O) groups excluding carboxylic acids is 1. The zero-order chi connectivity index (χ0) is 14.5. The van der Waals surface area contributed by atoms with E-state index in [1.54, 1.807) is 0 Å². The summed E-state index contributed by atoms with van der Waals surface area (Å²) >= 11 is 0. The molecule has 0 unspecified atom stereocenters. The van der Waals surface area contributed by atoms with Gasteiger partial charge >= 0.3 is 0 Å². The second kappa shape index (κ2) is 6.87. The largest absolute Gasteiger partial charge is 0.324 e. The van der Waals surface area contributed by atoms with Gasteiger partial charge in [-0.05, 0) is 44.7 Å². The fraction of sp³-hybridized carbons (Fsp3) is 0.647.